The van der Waals surface area contributed by atoms with Crippen molar-refractivity contribution in [3.05, 3.63) is 47.2 Å². The van der Waals surface area contributed by atoms with Gasteiger partial charge in [0.25, 0.3) is 0 Å². The predicted molar refractivity (Wildman–Crippen MR) is 133 cm³/mol. The Balaban J connectivity index is 1.49. The molecule has 0 spiro atoms. The summed E-state index contributed by atoms with van der Waals surface area (Å²) in [5.41, 5.74) is 3.42. The van der Waals surface area contributed by atoms with Crippen molar-refractivity contribution in [2.45, 2.75) is 58.9 Å². The lowest BCUT2D eigenvalue weighted by molar-refractivity contribution is -0.150. The monoisotopic (exact) mass is 479 g/mol. The van der Waals surface area contributed by atoms with E-state index in [0.717, 1.165) is 54.9 Å². The number of esters is 1. The van der Waals surface area contributed by atoms with Crippen molar-refractivity contribution >= 4 is 11.9 Å². The summed E-state index contributed by atoms with van der Waals surface area (Å²) in [5.74, 6) is 2.33. The Morgan fingerprint density at radius 1 is 1.03 bits per heavy atom. The van der Waals surface area contributed by atoms with Crippen LogP contribution in [0.25, 0.3) is 0 Å². The lowest BCUT2D eigenvalue weighted by Gasteiger charge is -2.55. The van der Waals surface area contributed by atoms with E-state index in [1.54, 1.807) is 14.2 Å². The number of benzene rings is 1. The molecular formula is C29H37NO5. The Labute approximate surface area is 208 Å². The zero-order chi connectivity index (χ0) is 25.0. The van der Waals surface area contributed by atoms with Crippen molar-refractivity contribution < 1.29 is 23.8 Å². The standard InChI is InChI=1S/C29H37NO5/c1-28-14-12-22-20(21(28)9-10-23(28)27(32)35-5)8-11-25-29(22,2)15-13-26(31)30(25)17-18-6-7-19(33-3)16-24(18)34-4/h6-8,11,16,21-23H,9-10,12-15,17H2,1-5H3/t21-,22-,23+,28-,29+/m0/s1. The first-order valence-electron chi connectivity index (χ1n) is 12.8. The third-order valence-corrected chi connectivity index (χ3v) is 9.66. The first kappa shape index (κ1) is 24.0. The van der Waals surface area contributed by atoms with E-state index in [9.17, 15) is 9.59 Å². The number of hydrogen-bond acceptors (Lipinski definition) is 5. The maximum absolute atomic E-state index is 13.2. The topological polar surface area (TPSA) is 65.1 Å². The summed E-state index contributed by atoms with van der Waals surface area (Å²) < 4.78 is 16.1. The minimum Gasteiger partial charge on any atom is -0.497 e. The average molecular weight is 480 g/mol. The number of hydrogen-bond donors (Lipinski definition) is 0. The first-order chi connectivity index (χ1) is 16.8. The Morgan fingerprint density at radius 2 is 1.83 bits per heavy atom. The van der Waals surface area contributed by atoms with Gasteiger partial charge < -0.3 is 19.1 Å². The highest BCUT2D eigenvalue weighted by Crippen LogP contribution is 2.64. The Kier molecular flexibility index (Phi) is 5.97. The minimum absolute atomic E-state index is 0.0236. The highest BCUT2D eigenvalue weighted by Gasteiger charge is 2.59. The van der Waals surface area contributed by atoms with E-state index in [0.29, 0.717) is 24.8 Å². The summed E-state index contributed by atoms with van der Waals surface area (Å²) in [5, 5.41) is 0. The molecule has 35 heavy (non-hydrogen) atoms. The first-order valence-corrected chi connectivity index (χ1v) is 12.8. The second-order valence-electron chi connectivity index (χ2n) is 11.1. The molecule has 0 radical (unpaired) electrons. The van der Waals surface area contributed by atoms with E-state index in [4.69, 9.17) is 14.2 Å². The van der Waals surface area contributed by atoms with Gasteiger partial charge in [-0.3, -0.25) is 9.59 Å². The molecule has 1 heterocycles. The fraction of sp³-hybridized carbons (Fsp3) is 0.586. The number of carbonyl (C=O) groups is 2. The van der Waals surface area contributed by atoms with E-state index in [1.807, 2.05) is 23.1 Å². The Bertz CT molecular complexity index is 1110. The summed E-state index contributed by atoms with van der Waals surface area (Å²) in [4.78, 5) is 27.7. The van der Waals surface area contributed by atoms with Gasteiger partial charge in [0, 0.05) is 29.2 Å². The van der Waals surface area contributed by atoms with E-state index in [-0.39, 0.29) is 28.6 Å². The highest BCUT2D eigenvalue weighted by atomic mass is 16.5. The number of ether oxygens (including phenoxy) is 3. The number of nitrogens with zero attached hydrogens (tertiary/aromatic N) is 1. The van der Waals surface area contributed by atoms with Gasteiger partial charge in [-0.25, -0.2) is 0 Å². The molecule has 0 aromatic heterocycles. The summed E-state index contributed by atoms with van der Waals surface area (Å²) in [6.07, 6.45) is 9.85. The molecule has 0 unspecified atom stereocenters. The number of carbonyl (C=O) groups excluding carboxylic acids is 2. The van der Waals surface area contributed by atoms with Crippen molar-refractivity contribution in [2.75, 3.05) is 21.3 Å². The van der Waals surface area contributed by atoms with E-state index in [2.05, 4.69) is 26.0 Å². The van der Waals surface area contributed by atoms with Crippen LogP contribution in [0.4, 0.5) is 0 Å². The average Bonchev–Trinajstić information content (AvgIpc) is 3.22. The minimum atomic E-state index is -0.0949. The molecule has 6 heteroatoms. The predicted octanol–water partition coefficient (Wildman–Crippen LogP) is 5.27. The van der Waals surface area contributed by atoms with Gasteiger partial charge >= 0.3 is 5.97 Å². The zero-order valence-corrected chi connectivity index (χ0v) is 21.6. The largest absolute Gasteiger partial charge is 0.497 e. The summed E-state index contributed by atoms with van der Waals surface area (Å²) in [6.45, 7) is 5.11. The molecular weight excluding hydrogens is 442 g/mol. The van der Waals surface area contributed by atoms with Crippen LogP contribution in [0.3, 0.4) is 0 Å². The van der Waals surface area contributed by atoms with Gasteiger partial charge in [0.1, 0.15) is 11.5 Å². The van der Waals surface area contributed by atoms with Crippen molar-refractivity contribution in [3.63, 3.8) is 0 Å². The number of piperidine rings is 1. The molecule has 6 nitrogen and oxygen atoms in total. The van der Waals surface area contributed by atoms with Crippen LogP contribution in [0.5, 0.6) is 11.5 Å². The van der Waals surface area contributed by atoms with Crippen LogP contribution in [0.15, 0.2) is 41.6 Å². The van der Waals surface area contributed by atoms with Crippen LogP contribution in [0.1, 0.15) is 57.9 Å². The van der Waals surface area contributed by atoms with Crippen molar-refractivity contribution in [1.29, 1.82) is 0 Å². The lowest BCUT2D eigenvalue weighted by atomic mass is 9.52. The van der Waals surface area contributed by atoms with E-state index in [1.165, 1.54) is 12.7 Å². The summed E-state index contributed by atoms with van der Waals surface area (Å²) >= 11 is 0. The van der Waals surface area contributed by atoms with Gasteiger partial charge in [0.05, 0.1) is 33.8 Å². The van der Waals surface area contributed by atoms with Crippen LogP contribution >= 0.6 is 0 Å². The third kappa shape index (κ3) is 3.59. The van der Waals surface area contributed by atoms with Crippen molar-refractivity contribution in [3.8, 4) is 11.5 Å². The normalized spacial score (nSPS) is 33.7. The van der Waals surface area contributed by atoms with Crippen LogP contribution in [-0.2, 0) is 20.9 Å². The third-order valence-electron chi connectivity index (χ3n) is 9.66. The second kappa shape index (κ2) is 8.72. The van der Waals surface area contributed by atoms with Gasteiger partial charge in [0.2, 0.25) is 5.91 Å². The van der Waals surface area contributed by atoms with E-state index < -0.39 is 0 Å². The molecule has 1 aromatic carbocycles. The fourth-order valence-electron chi connectivity index (χ4n) is 7.65. The van der Waals surface area contributed by atoms with E-state index >= 15 is 0 Å². The molecule has 0 N–H and O–H groups in total. The van der Waals surface area contributed by atoms with Crippen LogP contribution < -0.4 is 9.47 Å². The van der Waals surface area contributed by atoms with Gasteiger partial charge in [-0.15, -0.1) is 0 Å². The molecule has 4 aliphatic rings. The molecule has 1 aliphatic heterocycles. The molecule has 5 atom stereocenters. The van der Waals surface area contributed by atoms with Gasteiger partial charge in [0.15, 0.2) is 0 Å². The van der Waals surface area contributed by atoms with Crippen molar-refractivity contribution in [2.24, 2.45) is 28.6 Å². The van der Waals surface area contributed by atoms with Crippen LogP contribution in [0, 0.1) is 28.6 Å². The molecule has 2 saturated carbocycles. The van der Waals surface area contributed by atoms with Gasteiger partial charge in [-0.1, -0.05) is 25.5 Å². The summed E-state index contributed by atoms with van der Waals surface area (Å²) in [6, 6.07) is 5.77. The number of allylic oxidation sites excluding steroid dienone is 4. The molecule has 1 aromatic rings. The number of rotatable bonds is 5. The van der Waals surface area contributed by atoms with Crippen LogP contribution in [-0.4, -0.2) is 38.1 Å². The van der Waals surface area contributed by atoms with Gasteiger partial charge in [-0.05, 0) is 67.6 Å². The van der Waals surface area contributed by atoms with Gasteiger partial charge in [-0.2, -0.15) is 0 Å². The maximum atomic E-state index is 13.2. The van der Waals surface area contributed by atoms with Crippen LogP contribution in [0.2, 0.25) is 0 Å². The molecule has 1 amide bonds. The zero-order valence-electron chi connectivity index (χ0n) is 21.6. The fourth-order valence-corrected chi connectivity index (χ4v) is 7.65. The SMILES string of the molecule is COC(=O)[C@H]1CC[C@H]2C3=CC=C4N(Cc5ccc(OC)cc5OC)C(=O)CC[C@]4(C)[C@H]3CC[C@]12C. The Hall–Kier alpha value is -2.76. The molecule has 3 fully saturated rings. The molecule has 5 rings (SSSR count). The number of amides is 1. The Morgan fingerprint density at radius 3 is 2.54 bits per heavy atom. The molecule has 0 bridgehead atoms. The van der Waals surface area contributed by atoms with Crippen molar-refractivity contribution in [1.82, 2.24) is 4.90 Å². The lowest BCUT2D eigenvalue weighted by Crippen LogP contribution is -2.51. The summed E-state index contributed by atoms with van der Waals surface area (Å²) in [7, 11) is 4.79. The number of fused-ring (bicyclic) bond motifs is 5. The second-order valence-corrected chi connectivity index (χ2v) is 11.1. The molecule has 188 valence electrons. The maximum Gasteiger partial charge on any atom is 0.309 e. The number of methoxy groups -OCH3 is 3. The molecule has 3 aliphatic carbocycles. The smallest absolute Gasteiger partial charge is 0.309 e. The number of likely N-dealkylation sites (tertiary alicyclic amines) is 1. The quantitative estimate of drug-likeness (QED) is 0.538. The highest BCUT2D eigenvalue weighted by molar-refractivity contribution is 5.80. The molecule has 1 saturated heterocycles.